The lowest BCUT2D eigenvalue weighted by atomic mass is 9.91. The lowest BCUT2D eigenvalue weighted by Crippen LogP contribution is -2.53. The molecule has 1 saturated heterocycles. The molecule has 0 radical (unpaired) electrons. The largest absolute Gasteiger partial charge is 0.324 e. The molecule has 1 aliphatic rings. The molecule has 0 saturated carbocycles. The number of carbonyl (C=O) groups is 3. The van der Waals surface area contributed by atoms with Crippen LogP contribution in [0.3, 0.4) is 0 Å². The Morgan fingerprint density at radius 3 is 2.13 bits per heavy atom. The number of rotatable bonds is 1. The summed E-state index contributed by atoms with van der Waals surface area (Å²) in [5.41, 5.74) is -0.131. The normalized spacial score (nSPS) is 17.7. The Hall–Kier alpha value is -1.39. The van der Waals surface area contributed by atoms with Crippen LogP contribution in [-0.4, -0.2) is 35.7 Å². The van der Waals surface area contributed by atoms with Crippen LogP contribution in [-0.2, 0) is 14.4 Å². The van der Waals surface area contributed by atoms with E-state index in [2.05, 4.69) is 5.32 Å². The van der Waals surface area contributed by atoms with Crippen molar-refractivity contribution in [3.05, 3.63) is 0 Å². The highest BCUT2D eigenvalue weighted by Gasteiger charge is 2.28. The lowest BCUT2D eigenvalue weighted by Gasteiger charge is -2.28. The fourth-order valence-corrected chi connectivity index (χ4v) is 1.38. The number of hydrogen-bond acceptors (Lipinski definition) is 3. The molecule has 0 aromatic heterocycles. The first kappa shape index (κ1) is 11.7. The minimum absolute atomic E-state index is 0.0132. The van der Waals surface area contributed by atoms with Crippen LogP contribution < -0.4 is 5.32 Å². The van der Waals surface area contributed by atoms with Crippen LogP contribution in [0, 0.1) is 5.41 Å². The second-order valence-corrected chi connectivity index (χ2v) is 4.96. The van der Waals surface area contributed by atoms with E-state index in [4.69, 9.17) is 0 Å². The number of imide groups is 1. The first-order valence-electron chi connectivity index (χ1n) is 4.88. The SMILES string of the molecule is CC(C)(C)CC(=O)N1CC(=O)NC(=O)C1. The molecule has 0 aromatic rings. The topological polar surface area (TPSA) is 66.5 Å². The molecule has 1 rings (SSSR count). The monoisotopic (exact) mass is 212 g/mol. The molecular weight excluding hydrogens is 196 g/mol. The average Bonchev–Trinajstić information content (AvgIpc) is 1.98. The maximum absolute atomic E-state index is 11.7. The second kappa shape index (κ2) is 4.00. The number of nitrogens with one attached hydrogen (secondary N) is 1. The van der Waals surface area contributed by atoms with E-state index in [0.29, 0.717) is 6.42 Å². The highest BCUT2D eigenvalue weighted by Crippen LogP contribution is 2.19. The highest BCUT2D eigenvalue weighted by atomic mass is 16.2. The Morgan fingerprint density at radius 1 is 1.27 bits per heavy atom. The van der Waals surface area contributed by atoms with Crippen molar-refractivity contribution in [1.82, 2.24) is 10.2 Å². The smallest absolute Gasteiger partial charge is 0.246 e. The summed E-state index contributed by atoms with van der Waals surface area (Å²) >= 11 is 0. The molecule has 5 nitrogen and oxygen atoms in total. The second-order valence-electron chi connectivity index (χ2n) is 4.96. The van der Waals surface area contributed by atoms with Gasteiger partial charge in [0.15, 0.2) is 0 Å². The molecule has 15 heavy (non-hydrogen) atoms. The van der Waals surface area contributed by atoms with Gasteiger partial charge in [-0.2, -0.15) is 0 Å². The summed E-state index contributed by atoms with van der Waals surface area (Å²) < 4.78 is 0. The molecule has 5 heteroatoms. The first-order chi connectivity index (χ1) is 6.78. The fourth-order valence-electron chi connectivity index (χ4n) is 1.38. The van der Waals surface area contributed by atoms with Crippen molar-refractivity contribution in [3.8, 4) is 0 Å². The molecule has 1 aliphatic heterocycles. The predicted molar refractivity (Wildman–Crippen MR) is 53.8 cm³/mol. The molecule has 0 bridgehead atoms. The van der Waals surface area contributed by atoms with E-state index in [1.165, 1.54) is 4.90 Å². The molecule has 0 spiro atoms. The van der Waals surface area contributed by atoms with Gasteiger partial charge in [-0.05, 0) is 5.41 Å². The maximum Gasteiger partial charge on any atom is 0.246 e. The van der Waals surface area contributed by atoms with Crippen molar-refractivity contribution >= 4 is 17.7 Å². The summed E-state index contributed by atoms with van der Waals surface area (Å²) in [6.07, 6.45) is 0.341. The zero-order valence-corrected chi connectivity index (χ0v) is 9.29. The Balaban J connectivity index is 2.60. The fraction of sp³-hybridized carbons (Fsp3) is 0.700. The maximum atomic E-state index is 11.7. The van der Waals surface area contributed by atoms with E-state index in [1.54, 1.807) is 0 Å². The van der Waals surface area contributed by atoms with Gasteiger partial charge in [0.05, 0.1) is 0 Å². The molecule has 3 amide bonds. The van der Waals surface area contributed by atoms with Crippen LogP contribution in [0.15, 0.2) is 0 Å². The molecule has 1 fully saturated rings. The molecule has 0 atom stereocenters. The third kappa shape index (κ3) is 3.69. The van der Waals surface area contributed by atoms with Crippen molar-refractivity contribution < 1.29 is 14.4 Å². The van der Waals surface area contributed by atoms with E-state index in [9.17, 15) is 14.4 Å². The van der Waals surface area contributed by atoms with E-state index in [-0.39, 0.29) is 24.4 Å². The molecule has 0 aliphatic carbocycles. The molecule has 84 valence electrons. The van der Waals surface area contributed by atoms with Crippen molar-refractivity contribution in [2.24, 2.45) is 5.41 Å². The summed E-state index contributed by atoms with van der Waals surface area (Å²) in [6, 6.07) is 0. The van der Waals surface area contributed by atoms with Gasteiger partial charge in [0.25, 0.3) is 0 Å². The van der Waals surface area contributed by atoms with Crippen LogP contribution in [0.4, 0.5) is 0 Å². The Labute approximate surface area is 88.8 Å². The quantitative estimate of drug-likeness (QED) is 0.618. The zero-order valence-electron chi connectivity index (χ0n) is 9.29. The standard InChI is InChI=1S/C10H16N2O3/c1-10(2,3)4-9(15)12-5-7(13)11-8(14)6-12/h4-6H2,1-3H3,(H,11,13,14). The van der Waals surface area contributed by atoms with Crippen LogP contribution in [0.2, 0.25) is 0 Å². The molecule has 1 N–H and O–H groups in total. The molecule has 1 heterocycles. The summed E-state index contributed by atoms with van der Waals surface area (Å²) in [5, 5.41) is 2.16. The van der Waals surface area contributed by atoms with Gasteiger partial charge in [-0.1, -0.05) is 20.8 Å². The van der Waals surface area contributed by atoms with Gasteiger partial charge in [0, 0.05) is 6.42 Å². The van der Waals surface area contributed by atoms with Crippen LogP contribution >= 0.6 is 0 Å². The van der Waals surface area contributed by atoms with Crippen molar-refractivity contribution in [1.29, 1.82) is 0 Å². The first-order valence-corrected chi connectivity index (χ1v) is 4.88. The minimum atomic E-state index is -0.409. The van der Waals surface area contributed by atoms with Gasteiger partial charge in [0.2, 0.25) is 17.7 Å². The van der Waals surface area contributed by atoms with Crippen molar-refractivity contribution in [2.75, 3.05) is 13.1 Å². The van der Waals surface area contributed by atoms with Gasteiger partial charge in [-0.3, -0.25) is 19.7 Å². The van der Waals surface area contributed by atoms with E-state index >= 15 is 0 Å². The molecule has 0 unspecified atom stereocenters. The van der Waals surface area contributed by atoms with Crippen LogP contribution in [0.25, 0.3) is 0 Å². The summed E-state index contributed by atoms with van der Waals surface area (Å²) in [6.45, 7) is 5.80. The number of hydrogen-bond donors (Lipinski definition) is 1. The summed E-state index contributed by atoms with van der Waals surface area (Å²) in [4.78, 5) is 35.1. The van der Waals surface area contributed by atoms with Crippen molar-refractivity contribution in [3.63, 3.8) is 0 Å². The van der Waals surface area contributed by atoms with Gasteiger partial charge in [-0.15, -0.1) is 0 Å². The summed E-state index contributed by atoms with van der Waals surface area (Å²) in [5.74, 6) is -0.965. The van der Waals surface area contributed by atoms with Crippen LogP contribution in [0.1, 0.15) is 27.2 Å². The third-order valence-electron chi connectivity index (χ3n) is 1.98. The van der Waals surface area contributed by atoms with Gasteiger partial charge < -0.3 is 4.90 Å². The van der Waals surface area contributed by atoms with Gasteiger partial charge >= 0.3 is 0 Å². The number of piperazine rings is 1. The molecular formula is C10H16N2O3. The third-order valence-corrected chi connectivity index (χ3v) is 1.98. The van der Waals surface area contributed by atoms with Gasteiger partial charge in [-0.25, -0.2) is 0 Å². The van der Waals surface area contributed by atoms with Crippen molar-refractivity contribution in [2.45, 2.75) is 27.2 Å². The minimum Gasteiger partial charge on any atom is -0.324 e. The lowest BCUT2D eigenvalue weighted by molar-refractivity contribution is -0.146. The average molecular weight is 212 g/mol. The number of amides is 3. The predicted octanol–water partition coefficient (Wildman–Crippen LogP) is -0.0924. The Bertz CT molecular complexity index is 288. The Kier molecular flexibility index (Phi) is 3.12. The van der Waals surface area contributed by atoms with E-state index in [1.807, 2.05) is 20.8 Å². The van der Waals surface area contributed by atoms with E-state index < -0.39 is 11.8 Å². The molecule has 0 aromatic carbocycles. The number of carbonyl (C=O) groups excluding carboxylic acids is 3. The van der Waals surface area contributed by atoms with Gasteiger partial charge in [0.1, 0.15) is 13.1 Å². The number of nitrogens with zero attached hydrogens (tertiary/aromatic N) is 1. The van der Waals surface area contributed by atoms with Crippen LogP contribution in [0.5, 0.6) is 0 Å². The zero-order chi connectivity index (χ0) is 11.6. The summed E-state index contributed by atoms with van der Waals surface area (Å²) in [7, 11) is 0. The highest BCUT2D eigenvalue weighted by molar-refractivity contribution is 6.02. The Morgan fingerprint density at radius 2 is 1.73 bits per heavy atom. The van der Waals surface area contributed by atoms with E-state index in [0.717, 1.165) is 0 Å².